The zero-order valence-electron chi connectivity index (χ0n) is 13.0. The predicted molar refractivity (Wildman–Crippen MR) is 85.4 cm³/mol. The van der Waals surface area contributed by atoms with Gasteiger partial charge in [0.25, 0.3) is 0 Å². The van der Waals surface area contributed by atoms with Crippen molar-refractivity contribution >= 4 is 0 Å². The van der Waals surface area contributed by atoms with Crippen molar-refractivity contribution in [3.05, 3.63) is 35.4 Å². The van der Waals surface area contributed by atoms with E-state index in [1.165, 1.54) is 31.3 Å². The lowest BCUT2D eigenvalue weighted by Gasteiger charge is -2.24. The minimum absolute atomic E-state index is 0.0202. The summed E-state index contributed by atoms with van der Waals surface area (Å²) in [5.74, 6) is 7.35. The molecule has 0 amide bonds. The maximum absolute atomic E-state index is 5.85. The summed E-state index contributed by atoms with van der Waals surface area (Å²) < 4.78 is 10.9. The summed E-state index contributed by atoms with van der Waals surface area (Å²) in [4.78, 5) is 0. The highest BCUT2D eigenvalue weighted by Crippen LogP contribution is 2.38. The molecule has 0 saturated heterocycles. The third kappa shape index (κ3) is 3.77. The minimum atomic E-state index is -0.0202. The van der Waals surface area contributed by atoms with Crippen LogP contribution in [-0.4, -0.2) is 14.2 Å². The fourth-order valence-electron chi connectivity index (χ4n) is 3.01. The maximum Gasteiger partial charge on any atom is 0.165 e. The number of para-hydroxylation sites is 1. The van der Waals surface area contributed by atoms with E-state index in [2.05, 4.69) is 11.5 Å². The fourth-order valence-corrected chi connectivity index (χ4v) is 3.01. The third-order valence-corrected chi connectivity index (χ3v) is 4.11. The topological polar surface area (TPSA) is 56.5 Å². The van der Waals surface area contributed by atoms with Crippen molar-refractivity contribution in [2.24, 2.45) is 5.84 Å². The molecule has 116 valence electrons. The normalized spacial score (nSPS) is 19.9. The first-order valence-corrected chi connectivity index (χ1v) is 7.67. The number of methoxy groups -OCH3 is 2. The van der Waals surface area contributed by atoms with Crippen molar-refractivity contribution in [2.75, 3.05) is 14.2 Å². The maximum atomic E-state index is 5.85. The molecule has 3 N–H and O–H groups in total. The summed E-state index contributed by atoms with van der Waals surface area (Å²) in [6.07, 6.45) is 9.64. The molecule has 0 saturated carbocycles. The van der Waals surface area contributed by atoms with E-state index in [4.69, 9.17) is 15.3 Å². The molecule has 1 aromatic rings. The lowest BCUT2D eigenvalue weighted by Crippen LogP contribution is -2.30. The smallest absolute Gasteiger partial charge is 0.165 e. The van der Waals surface area contributed by atoms with Crippen LogP contribution in [0, 0.1) is 0 Å². The Bertz CT molecular complexity index is 486. The number of allylic oxidation sites excluding steroid dienone is 1. The molecular formula is C17H26N2O2. The van der Waals surface area contributed by atoms with Crippen LogP contribution in [0.4, 0.5) is 0 Å². The molecule has 1 aromatic carbocycles. The van der Waals surface area contributed by atoms with Gasteiger partial charge in [-0.25, -0.2) is 5.43 Å². The number of hydrogen-bond donors (Lipinski definition) is 2. The molecule has 0 spiro atoms. The Labute approximate surface area is 127 Å². The van der Waals surface area contributed by atoms with Crippen LogP contribution in [0.2, 0.25) is 0 Å². The Kier molecular flexibility index (Phi) is 6.08. The number of ether oxygens (including phenoxy) is 2. The summed E-state index contributed by atoms with van der Waals surface area (Å²) >= 11 is 0. The average Bonchev–Trinajstić information content (AvgIpc) is 2.49. The number of hydrogen-bond acceptors (Lipinski definition) is 4. The zero-order valence-corrected chi connectivity index (χ0v) is 13.0. The highest BCUT2D eigenvalue weighted by molar-refractivity contribution is 5.50. The lowest BCUT2D eigenvalue weighted by molar-refractivity contribution is 0.348. The Morgan fingerprint density at radius 1 is 1.10 bits per heavy atom. The standard InChI is InChI=1S/C17H26N2O2/c1-20-15-12-8-11-14(17(15)21-2)16(19-18)13-9-6-4-3-5-7-10-13/h8-9,11-12,16,19H,3-7,10,18H2,1-2H3/b13-9+. The van der Waals surface area contributed by atoms with Gasteiger partial charge in [-0.05, 0) is 31.7 Å². The molecule has 0 fully saturated rings. The Morgan fingerprint density at radius 2 is 1.90 bits per heavy atom. The first kappa shape index (κ1) is 15.9. The molecule has 0 radical (unpaired) electrons. The van der Waals surface area contributed by atoms with Gasteiger partial charge in [-0.15, -0.1) is 0 Å². The summed E-state index contributed by atoms with van der Waals surface area (Å²) in [7, 11) is 3.32. The highest BCUT2D eigenvalue weighted by atomic mass is 16.5. The van der Waals surface area contributed by atoms with Crippen molar-refractivity contribution in [3.63, 3.8) is 0 Å². The van der Waals surface area contributed by atoms with Gasteiger partial charge in [-0.3, -0.25) is 5.84 Å². The second-order valence-electron chi connectivity index (χ2n) is 5.41. The molecule has 4 nitrogen and oxygen atoms in total. The Balaban J connectivity index is 2.36. The molecule has 1 aliphatic rings. The van der Waals surface area contributed by atoms with Crippen molar-refractivity contribution in [1.29, 1.82) is 0 Å². The first-order valence-electron chi connectivity index (χ1n) is 7.67. The molecule has 1 unspecified atom stereocenters. The van der Waals surface area contributed by atoms with Crippen LogP contribution in [0.5, 0.6) is 11.5 Å². The number of benzene rings is 1. The van der Waals surface area contributed by atoms with Gasteiger partial charge in [0.15, 0.2) is 11.5 Å². The van der Waals surface area contributed by atoms with Crippen LogP contribution in [0.3, 0.4) is 0 Å². The number of rotatable bonds is 5. The Hall–Kier alpha value is -1.52. The molecule has 21 heavy (non-hydrogen) atoms. The van der Waals surface area contributed by atoms with Crippen molar-refractivity contribution in [1.82, 2.24) is 5.43 Å². The average molecular weight is 290 g/mol. The van der Waals surface area contributed by atoms with E-state index < -0.39 is 0 Å². The van der Waals surface area contributed by atoms with Crippen LogP contribution in [-0.2, 0) is 0 Å². The molecule has 0 aromatic heterocycles. The summed E-state index contributed by atoms with van der Waals surface area (Å²) in [6, 6.07) is 5.91. The molecule has 1 atom stereocenters. The minimum Gasteiger partial charge on any atom is -0.493 e. The highest BCUT2D eigenvalue weighted by Gasteiger charge is 2.21. The molecule has 0 aliphatic heterocycles. The summed E-state index contributed by atoms with van der Waals surface area (Å²) in [6.45, 7) is 0. The van der Waals surface area contributed by atoms with E-state index in [0.29, 0.717) is 0 Å². The van der Waals surface area contributed by atoms with Crippen LogP contribution in [0.15, 0.2) is 29.8 Å². The van der Waals surface area contributed by atoms with E-state index in [0.717, 1.165) is 29.9 Å². The number of hydrazine groups is 1. The lowest BCUT2D eigenvalue weighted by atomic mass is 9.90. The first-order chi connectivity index (χ1) is 10.3. The van der Waals surface area contributed by atoms with Gasteiger partial charge < -0.3 is 9.47 Å². The van der Waals surface area contributed by atoms with Crippen molar-refractivity contribution in [3.8, 4) is 11.5 Å². The quantitative estimate of drug-likeness (QED) is 0.495. The second kappa shape index (κ2) is 8.05. The van der Waals surface area contributed by atoms with E-state index in [9.17, 15) is 0 Å². The van der Waals surface area contributed by atoms with Crippen LogP contribution < -0.4 is 20.7 Å². The zero-order chi connectivity index (χ0) is 15.1. The van der Waals surface area contributed by atoms with Crippen LogP contribution >= 0.6 is 0 Å². The fraction of sp³-hybridized carbons (Fsp3) is 0.529. The SMILES string of the molecule is COc1cccc(C(NN)/C2=C/CCCCCC2)c1OC. The van der Waals surface area contributed by atoms with Crippen LogP contribution in [0.1, 0.15) is 50.1 Å². The molecule has 0 bridgehead atoms. The van der Waals surface area contributed by atoms with Gasteiger partial charge in [-0.1, -0.05) is 36.6 Å². The molecule has 4 heteroatoms. The van der Waals surface area contributed by atoms with Gasteiger partial charge in [0.1, 0.15) is 0 Å². The number of nitrogens with two attached hydrogens (primary N) is 1. The Morgan fingerprint density at radius 3 is 2.62 bits per heavy atom. The van der Waals surface area contributed by atoms with Crippen molar-refractivity contribution in [2.45, 2.75) is 44.6 Å². The van der Waals surface area contributed by atoms with Gasteiger partial charge in [0.2, 0.25) is 0 Å². The summed E-state index contributed by atoms with van der Waals surface area (Å²) in [5, 5.41) is 0. The van der Waals surface area contributed by atoms with Crippen LogP contribution in [0.25, 0.3) is 0 Å². The molecular weight excluding hydrogens is 264 g/mol. The van der Waals surface area contributed by atoms with Gasteiger partial charge >= 0.3 is 0 Å². The molecule has 1 aliphatic carbocycles. The van der Waals surface area contributed by atoms with E-state index >= 15 is 0 Å². The van der Waals surface area contributed by atoms with Gasteiger partial charge in [0, 0.05) is 5.56 Å². The third-order valence-electron chi connectivity index (χ3n) is 4.11. The van der Waals surface area contributed by atoms with E-state index in [1.54, 1.807) is 14.2 Å². The largest absolute Gasteiger partial charge is 0.493 e. The predicted octanol–water partition coefficient (Wildman–Crippen LogP) is 3.49. The monoisotopic (exact) mass is 290 g/mol. The van der Waals surface area contributed by atoms with Crippen molar-refractivity contribution < 1.29 is 9.47 Å². The number of nitrogens with one attached hydrogen (secondary N) is 1. The van der Waals surface area contributed by atoms with Gasteiger partial charge in [-0.2, -0.15) is 0 Å². The summed E-state index contributed by atoms with van der Waals surface area (Å²) in [5.41, 5.74) is 5.34. The van der Waals surface area contributed by atoms with E-state index in [-0.39, 0.29) is 6.04 Å². The van der Waals surface area contributed by atoms with E-state index in [1.807, 2.05) is 18.2 Å². The molecule has 2 rings (SSSR count). The molecule has 0 heterocycles. The second-order valence-corrected chi connectivity index (χ2v) is 5.41. The van der Waals surface area contributed by atoms with Gasteiger partial charge in [0.05, 0.1) is 20.3 Å².